The fraction of sp³-hybridized carbons (Fsp3) is 0.192. The third-order valence-electron chi connectivity index (χ3n) is 6.43. The normalized spacial score (nSPS) is 18.9. The molecule has 4 aromatic rings. The maximum atomic E-state index is 5.88. The molecule has 0 amide bonds. The monoisotopic (exact) mass is 469 g/mol. The molecule has 5 heterocycles. The van der Waals surface area contributed by atoms with Crippen molar-refractivity contribution in [2.45, 2.75) is 25.9 Å². The van der Waals surface area contributed by atoms with Crippen LogP contribution in [0.15, 0.2) is 73.2 Å². The summed E-state index contributed by atoms with van der Waals surface area (Å²) in [5, 5.41) is 4.18. The fourth-order valence-corrected chi connectivity index (χ4v) is 5.30. The van der Waals surface area contributed by atoms with E-state index in [0.717, 1.165) is 40.0 Å². The van der Waals surface area contributed by atoms with Gasteiger partial charge in [-0.15, -0.1) is 0 Å². The minimum absolute atomic E-state index is 0.112. The Kier molecular flexibility index (Phi) is 4.95. The Morgan fingerprint density at radius 2 is 1.85 bits per heavy atom. The first-order valence-corrected chi connectivity index (χ1v) is 11.5. The first-order chi connectivity index (χ1) is 16.6. The Labute approximate surface area is 203 Å². The van der Waals surface area contributed by atoms with E-state index in [0.29, 0.717) is 5.11 Å². The van der Waals surface area contributed by atoms with Gasteiger partial charge < -0.3 is 24.3 Å². The van der Waals surface area contributed by atoms with Crippen LogP contribution in [0.5, 0.6) is 11.5 Å². The lowest BCUT2D eigenvalue weighted by Crippen LogP contribution is -2.29. The molecule has 2 atom stereocenters. The number of rotatable bonds is 4. The third-order valence-corrected chi connectivity index (χ3v) is 6.74. The Hall–Kier alpha value is -3.91. The Morgan fingerprint density at radius 1 is 0.971 bits per heavy atom. The van der Waals surface area contributed by atoms with Gasteiger partial charge in [0, 0.05) is 35.5 Å². The van der Waals surface area contributed by atoms with E-state index in [1.54, 1.807) is 6.20 Å². The first kappa shape index (κ1) is 20.7. The molecule has 0 saturated carbocycles. The van der Waals surface area contributed by atoms with E-state index in [2.05, 4.69) is 50.7 Å². The maximum Gasteiger partial charge on any atom is 0.231 e. The zero-order chi connectivity index (χ0) is 23.2. The van der Waals surface area contributed by atoms with Gasteiger partial charge in [-0.2, -0.15) is 0 Å². The van der Waals surface area contributed by atoms with Crippen LogP contribution in [-0.2, 0) is 0 Å². The lowest BCUT2D eigenvalue weighted by molar-refractivity contribution is 0.174. The van der Waals surface area contributed by atoms with Crippen molar-refractivity contribution < 1.29 is 9.47 Å². The second-order valence-corrected chi connectivity index (χ2v) is 8.79. The predicted octanol–water partition coefficient (Wildman–Crippen LogP) is 4.79. The highest BCUT2D eigenvalue weighted by Crippen LogP contribution is 2.45. The molecule has 0 unspecified atom stereocenters. The van der Waals surface area contributed by atoms with Crippen molar-refractivity contribution in [1.29, 1.82) is 0 Å². The number of ether oxygens (including phenoxy) is 2. The summed E-state index contributed by atoms with van der Waals surface area (Å²) in [5.74, 6) is 1.47. The molecule has 1 saturated heterocycles. The summed E-state index contributed by atoms with van der Waals surface area (Å²) in [7, 11) is 0. The van der Waals surface area contributed by atoms with Gasteiger partial charge in [-0.25, -0.2) is 0 Å². The smallest absolute Gasteiger partial charge is 0.231 e. The number of aromatic nitrogens is 3. The van der Waals surface area contributed by atoms with Crippen LogP contribution in [0.4, 0.5) is 5.69 Å². The molecule has 2 aliphatic rings. The molecular weight excluding hydrogens is 446 g/mol. The molecule has 0 radical (unpaired) electrons. The van der Waals surface area contributed by atoms with E-state index >= 15 is 0 Å². The van der Waals surface area contributed by atoms with Gasteiger partial charge in [0.2, 0.25) is 6.79 Å². The van der Waals surface area contributed by atoms with Crippen LogP contribution in [0.1, 0.15) is 34.7 Å². The van der Waals surface area contributed by atoms with Gasteiger partial charge in [0.05, 0.1) is 29.7 Å². The zero-order valence-electron chi connectivity index (χ0n) is 18.8. The summed E-state index contributed by atoms with van der Waals surface area (Å²) in [5.41, 5.74) is 6.33. The van der Waals surface area contributed by atoms with Crippen molar-refractivity contribution in [3.05, 3.63) is 95.8 Å². The van der Waals surface area contributed by atoms with Crippen LogP contribution in [0.25, 0.3) is 5.69 Å². The number of fused-ring (bicyclic) bond motifs is 1. The lowest BCUT2D eigenvalue weighted by Gasteiger charge is -2.28. The lowest BCUT2D eigenvalue weighted by atomic mass is 9.96. The number of thiocarbonyl (C=S) groups is 1. The summed E-state index contributed by atoms with van der Waals surface area (Å²) in [6, 6.07) is 17.9. The molecule has 6 rings (SSSR count). The summed E-state index contributed by atoms with van der Waals surface area (Å²) in [4.78, 5) is 11.1. The van der Waals surface area contributed by atoms with E-state index in [4.69, 9.17) is 21.7 Å². The highest BCUT2D eigenvalue weighted by atomic mass is 32.1. The van der Waals surface area contributed by atoms with Crippen molar-refractivity contribution in [3.63, 3.8) is 0 Å². The van der Waals surface area contributed by atoms with Crippen molar-refractivity contribution in [2.75, 3.05) is 11.7 Å². The topological polar surface area (TPSA) is 64.4 Å². The van der Waals surface area contributed by atoms with Crippen LogP contribution >= 0.6 is 12.2 Å². The number of aryl methyl sites for hydroxylation is 1. The Morgan fingerprint density at radius 3 is 2.65 bits per heavy atom. The van der Waals surface area contributed by atoms with Crippen LogP contribution in [0.2, 0.25) is 0 Å². The minimum atomic E-state index is -0.123. The van der Waals surface area contributed by atoms with Crippen LogP contribution in [-0.4, -0.2) is 26.4 Å². The van der Waals surface area contributed by atoms with Gasteiger partial charge in [-0.1, -0.05) is 6.07 Å². The van der Waals surface area contributed by atoms with Crippen molar-refractivity contribution in [1.82, 2.24) is 19.9 Å². The molecule has 7 nitrogen and oxygen atoms in total. The average molecular weight is 470 g/mol. The second kappa shape index (κ2) is 8.14. The summed E-state index contributed by atoms with van der Waals surface area (Å²) >= 11 is 5.88. The molecule has 1 aromatic carbocycles. The predicted molar refractivity (Wildman–Crippen MR) is 134 cm³/mol. The standard InChI is InChI=1S/C26H23N5O2S/c1-16-12-20(17(2)30(16)19-6-5-10-27-14-19)25-24(21-7-3-4-11-28-21)29-26(34)31(25)18-8-9-22-23(13-18)33-15-32-22/h3-14,24-25H,15H2,1-2H3,(H,29,34)/t24-,25+/m0/s1. The largest absolute Gasteiger partial charge is 0.454 e. The van der Waals surface area contributed by atoms with Crippen molar-refractivity contribution in [3.8, 4) is 17.2 Å². The zero-order valence-corrected chi connectivity index (χ0v) is 19.6. The van der Waals surface area contributed by atoms with Crippen molar-refractivity contribution >= 4 is 23.0 Å². The number of benzene rings is 1. The highest BCUT2D eigenvalue weighted by Gasteiger charge is 2.42. The number of nitrogens with zero attached hydrogens (tertiary/aromatic N) is 4. The van der Waals surface area contributed by atoms with E-state index in [1.807, 2.05) is 54.9 Å². The molecule has 0 aliphatic carbocycles. The van der Waals surface area contributed by atoms with E-state index in [-0.39, 0.29) is 18.9 Å². The number of hydrogen-bond acceptors (Lipinski definition) is 5. The molecule has 0 bridgehead atoms. The van der Waals surface area contributed by atoms with Gasteiger partial charge >= 0.3 is 0 Å². The highest BCUT2D eigenvalue weighted by molar-refractivity contribution is 7.80. The number of nitrogens with one attached hydrogen (secondary N) is 1. The van der Waals surface area contributed by atoms with E-state index in [9.17, 15) is 0 Å². The summed E-state index contributed by atoms with van der Waals surface area (Å²) in [6.07, 6.45) is 5.49. The molecule has 1 fully saturated rings. The third kappa shape index (κ3) is 3.30. The van der Waals surface area contributed by atoms with E-state index in [1.165, 1.54) is 5.56 Å². The Balaban J connectivity index is 1.51. The number of pyridine rings is 2. The second-order valence-electron chi connectivity index (χ2n) is 8.41. The first-order valence-electron chi connectivity index (χ1n) is 11.1. The van der Waals surface area contributed by atoms with Gasteiger partial charge in [0.25, 0.3) is 0 Å². The van der Waals surface area contributed by atoms with Gasteiger partial charge in [0.15, 0.2) is 16.6 Å². The van der Waals surface area contributed by atoms with Crippen LogP contribution in [0.3, 0.4) is 0 Å². The quantitative estimate of drug-likeness (QED) is 0.431. The SMILES string of the molecule is Cc1cc([C@@H]2[C@H](c3ccccn3)NC(=S)N2c2ccc3c(c2)OCO3)c(C)n1-c1cccnc1. The number of anilines is 1. The molecule has 3 aromatic heterocycles. The van der Waals surface area contributed by atoms with Gasteiger partial charge in [0.1, 0.15) is 0 Å². The minimum Gasteiger partial charge on any atom is -0.454 e. The molecule has 1 N–H and O–H groups in total. The maximum absolute atomic E-state index is 5.88. The van der Waals surface area contributed by atoms with Crippen molar-refractivity contribution in [2.24, 2.45) is 0 Å². The Bertz CT molecular complexity index is 1370. The van der Waals surface area contributed by atoms with Crippen LogP contribution < -0.4 is 19.7 Å². The van der Waals surface area contributed by atoms with E-state index < -0.39 is 0 Å². The van der Waals surface area contributed by atoms with Gasteiger partial charge in [-0.3, -0.25) is 9.97 Å². The molecule has 170 valence electrons. The van der Waals surface area contributed by atoms with Gasteiger partial charge in [-0.05, 0) is 74.1 Å². The molecule has 34 heavy (non-hydrogen) atoms. The number of hydrogen-bond donors (Lipinski definition) is 1. The average Bonchev–Trinajstić information content (AvgIpc) is 3.54. The summed E-state index contributed by atoms with van der Waals surface area (Å²) < 4.78 is 13.4. The molecule has 8 heteroatoms. The fourth-order valence-electron chi connectivity index (χ4n) is 4.95. The van der Waals surface area contributed by atoms with Crippen LogP contribution in [0, 0.1) is 13.8 Å². The molecule has 2 aliphatic heterocycles. The summed E-state index contributed by atoms with van der Waals surface area (Å²) in [6.45, 7) is 4.49. The molecule has 0 spiro atoms. The molecular formula is C26H23N5O2S.